The van der Waals surface area contributed by atoms with Gasteiger partial charge in [0, 0.05) is 26.3 Å². The molecule has 5 nitrogen and oxygen atoms in total. The van der Waals surface area contributed by atoms with Gasteiger partial charge in [-0.15, -0.1) is 0 Å². The second kappa shape index (κ2) is 11.6. The summed E-state index contributed by atoms with van der Waals surface area (Å²) in [4.78, 5) is 11.0. The van der Waals surface area contributed by atoms with Gasteiger partial charge in [-0.05, 0) is 32.5 Å². The molecule has 0 fully saturated rings. The number of esters is 1. The lowest BCUT2D eigenvalue weighted by Gasteiger charge is -2.10. The highest BCUT2D eigenvalue weighted by Crippen LogP contribution is 1.84. The highest BCUT2D eigenvalue weighted by atomic mass is 32.1. The Morgan fingerprint density at radius 2 is 1.88 bits per heavy atom. The number of nitrogens with one attached hydrogen (secondary N) is 2. The molecule has 0 aromatic rings. The molecule has 0 aliphatic heterocycles. The maximum atomic E-state index is 11.0. The Bertz CT molecular complexity index is 225. The number of hydrogen-bond donors (Lipinski definition) is 2. The molecule has 0 aliphatic rings. The molecule has 0 spiro atoms. The predicted octanol–water partition coefficient (Wildman–Crippen LogP) is 0.830. The van der Waals surface area contributed by atoms with Crippen LogP contribution in [-0.4, -0.2) is 44.0 Å². The van der Waals surface area contributed by atoms with Crippen LogP contribution >= 0.6 is 12.2 Å². The maximum Gasteiger partial charge on any atom is 0.307 e. The Morgan fingerprint density at radius 3 is 2.53 bits per heavy atom. The van der Waals surface area contributed by atoms with Gasteiger partial charge in [0.2, 0.25) is 0 Å². The summed E-state index contributed by atoms with van der Waals surface area (Å²) in [5, 5.41) is 6.54. The van der Waals surface area contributed by atoms with Crippen LogP contribution < -0.4 is 10.6 Å². The lowest BCUT2D eigenvalue weighted by atomic mass is 10.4. The van der Waals surface area contributed by atoms with Crippen molar-refractivity contribution >= 4 is 23.3 Å². The summed E-state index contributed by atoms with van der Waals surface area (Å²) < 4.78 is 9.98. The van der Waals surface area contributed by atoms with E-state index in [2.05, 4.69) is 10.6 Å². The van der Waals surface area contributed by atoms with Gasteiger partial charge in [0.1, 0.15) is 0 Å². The predicted molar refractivity (Wildman–Crippen MR) is 71.0 cm³/mol. The minimum atomic E-state index is -0.209. The number of rotatable bonds is 9. The molecule has 0 unspecified atom stereocenters. The van der Waals surface area contributed by atoms with Gasteiger partial charge in [0.05, 0.1) is 13.0 Å². The van der Waals surface area contributed by atoms with E-state index in [0.717, 1.165) is 26.2 Å². The monoisotopic (exact) mass is 262 g/mol. The number of carbonyl (C=O) groups is 1. The molecule has 0 saturated heterocycles. The number of hydrogen-bond acceptors (Lipinski definition) is 4. The van der Waals surface area contributed by atoms with Gasteiger partial charge in [0.25, 0.3) is 0 Å². The van der Waals surface area contributed by atoms with E-state index in [1.165, 1.54) is 0 Å². The van der Waals surface area contributed by atoms with Gasteiger partial charge in [-0.3, -0.25) is 4.79 Å². The number of ether oxygens (including phenoxy) is 2. The molecule has 2 N–H and O–H groups in total. The van der Waals surface area contributed by atoms with Crippen LogP contribution in [0.15, 0.2) is 0 Å². The summed E-state index contributed by atoms with van der Waals surface area (Å²) in [7, 11) is 0. The van der Waals surface area contributed by atoms with Crippen LogP contribution in [0.25, 0.3) is 0 Å². The maximum absolute atomic E-state index is 11.0. The van der Waals surface area contributed by atoms with Crippen LogP contribution in [0.2, 0.25) is 0 Å². The third-order valence-electron chi connectivity index (χ3n) is 1.88. The van der Waals surface area contributed by atoms with Gasteiger partial charge in [-0.2, -0.15) is 0 Å². The first-order valence-corrected chi connectivity index (χ1v) is 6.36. The van der Waals surface area contributed by atoms with Crippen molar-refractivity contribution in [3.63, 3.8) is 0 Å². The molecule has 0 aromatic carbocycles. The number of carbonyl (C=O) groups excluding carboxylic acids is 1. The smallest absolute Gasteiger partial charge is 0.307 e. The normalized spacial score (nSPS) is 9.76. The SMILES string of the molecule is CCOCCCNC(=S)NCCC(=O)OCC. The molecule has 0 atom stereocenters. The Morgan fingerprint density at radius 1 is 1.18 bits per heavy atom. The van der Waals surface area contributed by atoms with Crippen LogP contribution in [0.5, 0.6) is 0 Å². The van der Waals surface area contributed by atoms with E-state index in [4.69, 9.17) is 21.7 Å². The summed E-state index contributed by atoms with van der Waals surface area (Å²) in [6.45, 7) is 6.91. The molecule has 0 amide bonds. The molecule has 0 saturated carbocycles. The zero-order valence-corrected chi connectivity index (χ0v) is 11.4. The zero-order chi connectivity index (χ0) is 12.9. The average Bonchev–Trinajstić information content (AvgIpc) is 2.29. The van der Waals surface area contributed by atoms with Crippen LogP contribution in [0.3, 0.4) is 0 Å². The van der Waals surface area contributed by atoms with E-state index in [-0.39, 0.29) is 5.97 Å². The molecule has 0 radical (unpaired) electrons. The van der Waals surface area contributed by atoms with Crippen molar-refractivity contribution in [2.24, 2.45) is 0 Å². The van der Waals surface area contributed by atoms with Gasteiger partial charge in [-0.25, -0.2) is 0 Å². The fourth-order valence-electron chi connectivity index (χ4n) is 1.09. The molecule has 0 aliphatic carbocycles. The van der Waals surface area contributed by atoms with E-state index < -0.39 is 0 Å². The minimum Gasteiger partial charge on any atom is -0.466 e. The van der Waals surface area contributed by atoms with Gasteiger partial charge < -0.3 is 20.1 Å². The third kappa shape index (κ3) is 11.4. The van der Waals surface area contributed by atoms with Crippen molar-refractivity contribution in [1.29, 1.82) is 0 Å². The Hall–Kier alpha value is -0.880. The van der Waals surface area contributed by atoms with E-state index >= 15 is 0 Å². The molecule has 0 bridgehead atoms. The molecular weight excluding hydrogens is 240 g/mol. The molecular formula is C11H22N2O3S. The quantitative estimate of drug-likeness (QED) is 0.365. The highest BCUT2D eigenvalue weighted by molar-refractivity contribution is 7.80. The van der Waals surface area contributed by atoms with Crippen LogP contribution in [0, 0.1) is 0 Å². The first kappa shape index (κ1) is 16.1. The van der Waals surface area contributed by atoms with Crippen molar-refractivity contribution in [2.75, 3.05) is 32.9 Å². The Kier molecular flexibility index (Phi) is 11.0. The second-order valence-electron chi connectivity index (χ2n) is 3.29. The summed E-state index contributed by atoms with van der Waals surface area (Å²) >= 11 is 5.03. The van der Waals surface area contributed by atoms with Crippen molar-refractivity contribution < 1.29 is 14.3 Å². The molecule has 17 heavy (non-hydrogen) atoms. The molecule has 0 aromatic heterocycles. The lowest BCUT2D eigenvalue weighted by molar-refractivity contribution is -0.142. The lowest BCUT2D eigenvalue weighted by Crippen LogP contribution is -2.37. The topological polar surface area (TPSA) is 59.6 Å². The fraction of sp³-hybridized carbons (Fsp3) is 0.818. The number of thiocarbonyl (C=S) groups is 1. The van der Waals surface area contributed by atoms with Crippen LogP contribution in [-0.2, 0) is 14.3 Å². The minimum absolute atomic E-state index is 0.209. The van der Waals surface area contributed by atoms with Crippen molar-refractivity contribution in [1.82, 2.24) is 10.6 Å². The van der Waals surface area contributed by atoms with Crippen LogP contribution in [0.4, 0.5) is 0 Å². The molecule has 0 rings (SSSR count). The van der Waals surface area contributed by atoms with E-state index in [1.807, 2.05) is 6.92 Å². The summed E-state index contributed by atoms with van der Waals surface area (Å²) in [6, 6.07) is 0. The molecule has 0 heterocycles. The van der Waals surface area contributed by atoms with Gasteiger partial charge >= 0.3 is 5.97 Å². The first-order chi connectivity index (χ1) is 8.20. The molecule has 100 valence electrons. The third-order valence-corrected chi connectivity index (χ3v) is 2.16. The first-order valence-electron chi connectivity index (χ1n) is 5.95. The summed E-state index contributed by atoms with van der Waals surface area (Å²) in [6.07, 6.45) is 1.24. The van der Waals surface area contributed by atoms with E-state index in [0.29, 0.717) is 24.7 Å². The van der Waals surface area contributed by atoms with Crippen LogP contribution in [0.1, 0.15) is 26.7 Å². The zero-order valence-electron chi connectivity index (χ0n) is 10.6. The Balaban J connectivity index is 3.31. The average molecular weight is 262 g/mol. The van der Waals surface area contributed by atoms with Crippen molar-refractivity contribution in [3.05, 3.63) is 0 Å². The van der Waals surface area contributed by atoms with Gasteiger partial charge in [-0.1, -0.05) is 0 Å². The highest BCUT2D eigenvalue weighted by Gasteiger charge is 2.01. The van der Waals surface area contributed by atoms with Crippen molar-refractivity contribution in [2.45, 2.75) is 26.7 Å². The molecule has 6 heteroatoms. The Labute approximate surface area is 108 Å². The second-order valence-corrected chi connectivity index (χ2v) is 3.70. The van der Waals surface area contributed by atoms with E-state index in [1.54, 1.807) is 6.92 Å². The standard InChI is InChI=1S/C11H22N2O3S/c1-3-15-9-5-7-12-11(17)13-8-6-10(14)16-4-2/h3-9H2,1-2H3,(H2,12,13,17). The summed E-state index contributed by atoms with van der Waals surface area (Å²) in [5.41, 5.74) is 0. The summed E-state index contributed by atoms with van der Waals surface area (Å²) in [5.74, 6) is -0.209. The van der Waals surface area contributed by atoms with E-state index in [9.17, 15) is 4.79 Å². The largest absolute Gasteiger partial charge is 0.466 e. The van der Waals surface area contributed by atoms with Crippen molar-refractivity contribution in [3.8, 4) is 0 Å². The van der Waals surface area contributed by atoms with Gasteiger partial charge in [0.15, 0.2) is 5.11 Å². The fourth-order valence-corrected chi connectivity index (χ4v) is 1.30.